The number of aliphatic hydroxyl groups excluding tert-OH is 1. The highest BCUT2D eigenvalue weighted by Crippen LogP contribution is 2.22. The van der Waals surface area contributed by atoms with E-state index in [0.717, 1.165) is 11.3 Å². The fraction of sp³-hybridized carbons (Fsp3) is 0.250. The lowest BCUT2D eigenvalue weighted by Crippen LogP contribution is -2.16. The number of pyridine rings is 1. The van der Waals surface area contributed by atoms with Crippen molar-refractivity contribution in [1.82, 2.24) is 4.98 Å². The van der Waals surface area contributed by atoms with Gasteiger partial charge >= 0.3 is 0 Å². The summed E-state index contributed by atoms with van der Waals surface area (Å²) >= 11 is 1.51. The molecule has 0 fully saturated rings. The summed E-state index contributed by atoms with van der Waals surface area (Å²) in [6.07, 6.45) is 1.14. The fourth-order valence-electron chi connectivity index (χ4n) is 1.89. The van der Waals surface area contributed by atoms with Crippen molar-refractivity contribution in [2.75, 3.05) is 11.1 Å². The van der Waals surface area contributed by atoms with Crippen molar-refractivity contribution in [3.63, 3.8) is 0 Å². The van der Waals surface area contributed by atoms with Crippen molar-refractivity contribution < 1.29 is 9.90 Å². The molecule has 5 heteroatoms. The molecule has 1 heterocycles. The smallest absolute Gasteiger partial charge is 0.234 e. The summed E-state index contributed by atoms with van der Waals surface area (Å²) < 4.78 is 0. The Morgan fingerprint density at radius 2 is 2.05 bits per heavy atom. The number of nitrogens with zero attached hydrogens (tertiary/aromatic N) is 1. The molecule has 1 unspecified atom stereocenters. The number of aromatic nitrogens is 1. The van der Waals surface area contributed by atoms with Gasteiger partial charge in [0.2, 0.25) is 5.91 Å². The van der Waals surface area contributed by atoms with Crippen LogP contribution >= 0.6 is 11.8 Å². The molecular formula is C16H18N2O2S. The van der Waals surface area contributed by atoms with Crippen LogP contribution in [0.15, 0.2) is 48.7 Å². The van der Waals surface area contributed by atoms with Crippen molar-refractivity contribution in [2.45, 2.75) is 18.8 Å². The maximum atomic E-state index is 11.9. The average Bonchev–Trinajstić information content (AvgIpc) is 2.48. The van der Waals surface area contributed by atoms with E-state index < -0.39 is 6.10 Å². The normalized spacial score (nSPS) is 11.9. The molecule has 2 rings (SSSR count). The minimum atomic E-state index is -0.609. The Hall–Kier alpha value is -1.85. The van der Waals surface area contributed by atoms with Crippen molar-refractivity contribution in [1.29, 1.82) is 0 Å². The summed E-state index contributed by atoms with van der Waals surface area (Å²) in [5.41, 5.74) is 2.34. The van der Waals surface area contributed by atoms with E-state index in [1.807, 2.05) is 30.3 Å². The van der Waals surface area contributed by atoms with Gasteiger partial charge < -0.3 is 10.4 Å². The van der Waals surface area contributed by atoms with Crippen LogP contribution < -0.4 is 5.32 Å². The predicted molar refractivity (Wildman–Crippen MR) is 86.1 cm³/mol. The minimum Gasteiger partial charge on any atom is -0.389 e. The second-order valence-corrected chi connectivity index (χ2v) is 5.61. The number of hydrogen-bond donors (Lipinski definition) is 2. The Bertz CT molecular complexity index is 588. The molecule has 0 saturated carbocycles. The maximum Gasteiger partial charge on any atom is 0.234 e. The number of amides is 1. The number of rotatable bonds is 6. The topological polar surface area (TPSA) is 62.2 Å². The molecule has 2 N–H and O–H groups in total. The van der Waals surface area contributed by atoms with Crippen molar-refractivity contribution in [2.24, 2.45) is 0 Å². The third-order valence-electron chi connectivity index (χ3n) is 2.89. The van der Waals surface area contributed by atoms with E-state index in [-0.39, 0.29) is 5.91 Å². The number of para-hydroxylation sites is 1. The molecule has 0 saturated heterocycles. The first-order valence-electron chi connectivity index (χ1n) is 6.71. The molecule has 0 spiro atoms. The largest absolute Gasteiger partial charge is 0.389 e. The van der Waals surface area contributed by atoms with Gasteiger partial charge in [-0.1, -0.05) is 24.3 Å². The molecule has 110 valence electrons. The van der Waals surface area contributed by atoms with E-state index in [1.54, 1.807) is 25.3 Å². The van der Waals surface area contributed by atoms with Crippen LogP contribution in [0.3, 0.4) is 0 Å². The summed E-state index contributed by atoms with van der Waals surface area (Å²) in [5.74, 6) is 0.973. The minimum absolute atomic E-state index is 0.0796. The molecule has 0 bridgehead atoms. The van der Waals surface area contributed by atoms with Crippen LogP contribution in [0.5, 0.6) is 0 Å². The van der Waals surface area contributed by atoms with E-state index in [2.05, 4.69) is 10.3 Å². The van der Waals surface area contributed by atoms with Crippen LogP contribution in [-0.2, 0) is 10.5 Å². The quantitative estimate of drug-likeness (QED) is 0.861. The number of nitrogens with one attached hydrogen (secondary N) is 1. The molecule has 4 nitrogen and oxygen atoms in total. The second-order valence-electron chi connectivity index (χ2n) is 4.63. The number of carbonyl (C=O) groups excluding carboxylic acids is 1. The number of anilines is 1. The van der Waals surface area contributed by atoms with Crippen LogP contribution in [0.4, 0.5) is 5.69 Å². The van der Waals surface area contributed by atoms with Crippen LogP contribution in [0.2, 0.25) is 0 Å². The Labute approximate surface area is 128 Å². The van der Waals surface area contributed by atoms with Gasteiger partial charge in [-0.15, -0.1) is 11.8 Å². The van der Waals surface area contributed by atoms with Crippen LogP contribution in [-0.4, -0.2) is 21.8 Å². The zero-order chi connectivity index (χ0) is 15.1. The van der Waals surface area contributed by atoms with Gasteiger partial charge in [0.1, 0.15) is 0 Å². The second kappa shape index (κ2) is 7.81. The molecule has 0 radical (unpaired) electrons. The summed E-state index contributed by atoms with van der Waals surface area (Å²) in [4.78, 5) is 16.2. The van der Waals surface area contributed by atoms with Gasteiger partial charge in [-0.25, -0.2) is 0 Å². The number of hydrogen-bond acceptors (Lipinski definition) is 4. The monoisotopic (exact) mass is 302 g/mol. The SMILES string of the molecule is CC(O)c1ccccc1NC(=O)CSCc1ccccn1. The van der Waals surface area contributed by atoms with Crippen LogP contribution in [0.25, 0.3) is 0 Å². The summed E-state index contributed by atoms with van der Waals surface area (Å²) in [5, 5.41) is 12.5. The summed E-state index contributed by atoms with van der Waals surface area (Å²) in [6, 6.07) is 13.0. The maximum absolute atomic E-state index is 11.9. The van der Waals surface area contributed by atoms with E-state index in [4.69, 9.17) is 0 Å². The molecule has 0 aliphatic rings. The lowest BCUT2D eigenvalue weighted by Gasteiger charge is -2.12. The average molecular weight is 302 g/mol. The van der Waals surface area contributed by atoms with Gasteiger partial charge in [-0.05, 0) is 25.1 Å². The van der Waals surface area contributed by atoms with Gasteiger partial charge in [-0.3, -0.25) is 9.78 Å². The van der Waals surface area contributed by atoms with E-state index in [1.165, 1.54) is 11.8 Å². The zero-order valence-electron chi connectivity index (χ0n) is 11.8. The number of benzene rings is 1. The molecule has 21 heavy (non-hydrogen) atoms. The first-order chi connectivity index (χ1) is 10.2. The highest BCUT2D eigenvalue weighted by atomic mass is 32.2. The van der Waals surface area contributed by atoms with E-state index in [9.17, 15) is 9.90 Å². The van der Waals surface area contributed by atoms with Gasteiger partial charge in [0, 0.05) is 23.2 Å². The lowest BCUT2D eigenvalue weighted by molar-refractivity contribution is -0.113. The molecule has 1 atom stereocenters. The molecule has 1 amide bonds. The Morgan fingerprint density at radius 3 is 2.76 bits per heavy atom. The Balaban J connectivity index is 1.85. The molecule has 2 aromatic rings. The summed E-state index contributed by atoms with van der Waals surface area (Å²) in [7, 11) is 0. The lowest BCUT2D eigenvalue weighted by atomic mass is 10.1. The highest BCUT2D eigenvalue weighted by Gasteiger charge is 2.10. The molecule has 1 aromatic carbocycles. The van der Waals surface area contributed by atoms with Gasteiger partial charge in [-0.2, -0.15) is 0 Å². The Morgan fingerprint density at radius 1 is 1.29 bits per heavy atom. The van der Waals surface area contributed by atoms with Gasteiger partial charge in [0.25, 0.3) is 0 Å². The third kappa shape index (κ3) is 4.88. The van der Waals surface area contributed by atoms with E-state index >= 15 is 0 Å². The van der Waals surface area contributed by atoms with Gasteiger partial charge in [0.05, 0.1) is 17.6 Å². The standard InChI is InChI=1S/C16H18N2O2S/c1-12(19)14-7-2-3-8-15(14)18-16(20)11-21-10-13-6-4-5-9-17-13/h2-9,12,19H,10-11H2,1H3,(H,18,20). The first-order valence-corrected chi connectivity index (χ1v) is 7.87. The highest BCUT2D eigenvalue weighted by molar-refractivity contribution is 7.99. The molecule has 0 aliphatic heterocycles. The van der Waals surface area contributed by atoms with E-state index in [0.29, 0.717) is 17.2 Å². The number of aliphatic hydroxyl groups is 1. The fourth-order valence-corrected chi connectivity index (χ4v) is 2.63. The Kier molecular flexibility index (Phi) is 5.78. The molecular weight excluding hydrogens is 284 g/mol. The summed E-state index contributed by atoms with van der Waals surface area (Å²) in [6.45, 7) is 1.68. The van der Waals surface area contributed by atoms with Gasteiger partial charge in [0.15, 0.2) is 0 Å². The van der Waals surface area contributed by atoms with Crippen molar-refractivity contribution in [3.8, 4) is 0 Å². The predicted octanol–water partition coefficient (Wildman–Crippen LogP) is 3.01. The number of thioether (sulfide) groups is 1. The van der Waals surface area contributed by atoms with Crippen LogP contribution in [0.1, 0.15) is 24.3 Å². The first kappa shape index (κ1) is 15.5. The van der Waals surface area contributed by atoms with Crippen LogP contribution in [0, 0.1) is 0 Å². The van der Waals surface area contributed by atoms with Crippen molar-refractivity contribution in [3.05, 3.63) is 59.9 Å². The number of carbonyl (C=O) groups is 1. The van der Waals surface area contributed by atoms with Crippen molar-refractivity contribution >= 4 is 23.4 Å². The third-order valence-corrected chi connectivity index (χ3v) is 3.86. The zero-order valence-corrected chi connectivity index (χ0v) is 12.6. The molecule has 1 aromatic heterocycles. The molecule has 0 aliphatic carbocycles.